The Balaban J connectivity index is 1.99. The summed E-state index contributed by atoms with van der Waals surface area (Å²) >= 11 is 6.21. The van der Waals surface area contributed by atoms with Gasteiger partial charge in [-0.15, -0.1) is 0 Å². The Labute approximate surface area is 152 Å². The summed E-state index contributed by atoms with van der Waals surface area (Å²) in [5.41, 5.74) is 3.70. The molecule has 25 heavy (non-hydrogen) atoms. The first-order chi connectivity index (χ1) is 12.0. The van der Waals surface area contributed by atoms with E-state index in [2.05, 4.69) is 10.5 Å². The third-order valence-corrected chi connectivity index (χ3v) is 3.87. The third-order valence-electron chi connectivity index (χ3n) is 3.57. The Hall–Kier alpha value is -2.53. The highest BCUT2D eigenvalue weighted by Gasteiger charge is 2.07. The summed E-state index contributed by atoms with van der Waals surface area (Å²) in [7, 11) is 1.55. The SMILES string of the molecule is CC[C@@H](C)Oc1ccc(/C=N\NC(=O)c2cccc(OC)c2)cc1Cl. The minimum atomic E-state index is -0.321. The molecule has 6 heteroatoms. The standard InChI is InChI=1S/C19H21ClN2O3/c1-4-13(2)25-18-9-8-14(10-17(18)20)12-21-22-19(23)15-6-5-7-16(11-15)24-3/h5-13H,4H2,1-3H3,(H,22,23)/b21-12-/t13-/m1/s1. The Morgan fingerprint density at radius 2 is 2.12 bits per heavy atom. The lowest BCUT2D eigenvalue weighted by molar-refractivity contribution is 0.0955. The molecule has 2 aromatic carbocycles. The lowest BCUT2D eigenvalue weighted by Gasteiger charge is -2.13. The van der Waals surface area contributed by atoms with E-state index in [1.807, 2.05) is 19.9 Å². The van der Waals surface area contributed by atoms with E-state index in [9.17, 15) is 4.79 Å². The highest BCUT2D eigenvalue weighted by Crippen LogP contribution is 2.26. The van der Waals surface area contributed by atoms with Crippen LogP contribution in [0.15, 0.2) is 47.6 Å². The van der Waals surface area contributed by atoms with E-state index in [0.29, 0.717) is 22.1 Å². The maximum Gasteiger partial charge on any atom is 0.271 e. The molecule has 0 fully saturated rings. The average Bonchev–Trinajstić information content (AvgIpc) is 2.63. The zero-order chi connectivity index (χ0) is 18.2. The normalized spacial score (nSPS) is 12.0. The number of carbonyl (C=O) groups is 1. The van der Waals surface area contributed by atoms with E-state index in [4.69, 9.17) is 21.1 Å². The van der Waals surface area contributed by atoms with Gasteiger partial charge in [0, 0.05) is 5.56 Å². The zero-order valence-corrected chi connectivity index (χ0v) is 15.2. The summed E-state index contributed by atoms with van der Waals surface area (Å²) in [6, 6.07) is 12.2. The molecule has 0 heterocycles. The Bertz CT molecular complexity index is 762. The van der Waals surface area contributed by atoms with E-state index in [-0.39, 0.29) is 12.0 Å². The highest BCUT2D eigenvalue weighted by molar-refractivity contribution is 6.32. The van der Waals surface area contributed by atoms with Crippen LogP contribution in [0, 0.1) is 0 Å². The first-order valence-electron chi connectivity index (χ1n) is 7.97. The Kier molecular flexibility index (Phi) is 6.83. The summed E-state index contributed by atoms with van der Waals surface area (Å²) in [6.07, 6.45) is 2.52. The van der Waals surface area contributed by atoms with Gasteiger partial charge in [-0.1, -0.05) is 24.6 Å². The molecule has 0 saturated heterocycles. The van der Waals surface area contributed by atoms with Crippen LogP contribution < -0.4 is 14.9 Å². The van der Waals surface area contributed by atoms with Gasteiger partial charge in [-0.3, -0.25) is 4.79 Å². The first-order valence-corrected chi connectivity index (χ1v) is 8.35. The molecule has 1 amide bonds. The molecule has 1 N–H and O–H groups in total. The fourth-order valence-electron chi connectivity index (χ4n) is 1.99. The number of hydrogen-bond acceptors (Lipinski definition) is 4. The van der Waals surface area contributed by atoms with Gasteiger partial charge in [0.05, 0.1) is 24.5 Å². The molecule has 0 saturated carbocycles. The number of nitrogens with one attached hydrogen (secondary N) is 1. The van der Waals surface area contributed by atoms with Crippen LogP contribution in [0.1, 0.15) is 36.2 Å². The first kappa shape index (κ1) is 18.8. The zero-order valence-electron chi connectivity index (χ0n) is 14.5. The molecule has 0 radical (unpaired) electrons. The maximum absolute atomic E-state index is 12.1. The number of hydrazone groups is 1. The van der Waals surface area contributed by atoms with Crippen LogP contribution in [0.4, 0.5) is 0 Å². The molecule has 0 spiro atoms. The number of rotatable bonds is 7. The second-order valence-electron chi connectivity index (χ2n) is 5.46. The van der Waals surface area contributed by atoms with Crippen molar-refractivity contribution in [3.63, 3.8) is 0 Å². The molecule has 0 unspecified atom stereocenters. The van der Waals surface area contributed by atoms with E-state index < -0.39 is 0 Å². The Morgan fingerprint density at radius 3 is 2.80 bits per heavy atom. The molecule has 0 bridgehead atoms. The lowest BCUT2D eigenvalue weighted by Crippen LogP contribution is -2.17. The topological polar surface area (TPSA) is 59.9 Å². The summed E-state index contributed by atoms with van der Waals surface area (Å²) in [4.78, 5) is 12.1. The predicted octanol–water partition coefficient (Wildman–Crippen LogP) is 4.29. The average molecular weight is 361 g/mol. The molecule has 0 aliphatic carbocycles. The van der Waals surface area contributed by atoms with E-state index in [1.165, 1.54) is 6.21 Å². The summed E-state index contributed by atoms with van der Waals surface area (Å²) in [6.45, 7) is 4.03. The van der Waals surface area contributed by atoms with Crippen LogP contribution in [0.5, 0.6) is 11.5 Å². The Morgan fingerprint density at radius 1 is 1.32 bits per heavy atom. The number of halogens is 1. The van der Waals surface area contributed by atoms with E-state index >= 15 is 0 Å². The second-order valence-corrected chi connectivity index (χ2v) is 5.86. The van der Waals surface area contributed by atoms with Crippen molar-refractivity contribution in [2.24, 2.45) is 5.10 Å². The number of nitrogens with zero attached hydrogens (tertiary/aromatic N) is 1. The largest absolute Gasteiger partial charge is 0.497 e. The van der Waals surface area contributed by atoms with Crippen molar-refractivity contribution < 1.29 is 14.3 Å². The molecule has 2 rings (SSSR count). The van der Waals surface area contributed by atoms with Gasteiger partial charge in [0.15, 0.2) is 0 Å². The minimum absolute atomic E-state index is 0.0965. The number of carbonyl (C=O) groups excluding carboxylic acids is 1. The van der Waals surface area contributed by atoms with Crippen molar-refractivity contribution in [3.8, 4) is 11.5 Å². The number of hydrogen-bond donors (Lipinski definition) is 1. The monoisotopic (exact) mass is 360 g/mol. The fraction of sp³-hybridized carbons (Fsp3) is 0.263. The molecule has 5 nitrogen and oxygen atoms in total. The molecule has 0 aliphatic rings. The van der Waals surface area contributed by atoms with Crippen LogP contribution in [0.25, 0.3) is 0 Å². The van der Waals surface area contributed by atoms with Gasteiger partial charge >= 0.3 is 0 Å². The van der Waals surface area contributed by atoms with Crippen molar-refractivity contribution >= 4 is 23.7 Å². The van der Waals surface area contributed by atoms with Gasteiger partial charge in [-0.2, -0.15) is 5.10 Å². The molecule has 132 valence electrons. The van der Waals surface area contributed by atoms with Crippen molar-refractivity contribution in [1.29, 1.82) is 0 Å². The van der Waals surface area contributed by atoms with E-state index in [1.54, 1.807) is 43.5 Å². The van der Waals surface area contributed by atoms with Gasteiger partial charge in [0.1, 0.15) is 11.5 Å². The fourth-order valence-corrected chi connectivity index (χ4v) is 2.22. The van der Waals surface area contributed by atoms with E-state index in [0.717, 1.165) is 12.0 Å². The van der Waals surface area contributed by atoms with Gasteiger partial charge in [0.2, 0.25) is 0 Å². The van der Waals surface area contributed by atoms with Gasteiger partial charge in [0.25, 0.3) is 5.91 Å². The summed E-state index contributed by atoms with van der Waals surface area (Å²) < 4.78 is 10.8. The maximum atomic E-state index is 12.1. The van der Waals surface area contributed by atoms with Crippen LogP contribution in [0.2, 0.25) is 5.02 Å². The number of methoxy groups -OCH3 is 1. The molecular weight excluding hydrogens is 340 g/mol. The quantitative estimate of drug-likeness (QED) is 0.592. The van der Waals surface area contributed by atoms with Gasteiger partial charge in [-0.25, -0.2) is 5.43 Å². The third kappa shape index (κ3) is 5.50. The van der Waals surface area contributed by atoms with Crippen molar-refractivity contribution in [3.05, 3.63) is 58.6 Å². The lowest BCUT2D eigenvalue weighted by atomic mass is 10.2. The summed E-state index contributed by atoms with van der Waals surface area (Å²) in [5.74, 6) is 0.923. The van der Waals surface area contributed by atoms with Crippen LogP contribution in [-0.2, 0) is 0 Å². The van der Waals surface area contributed by atoms with Crippen LogP contribution in [0.3, 0.4) is 0 Å². The molecule has 2 aromatic rings. The van der Waals surface area contributed by atoms with Crippen LogP contribution >= 0.6 is 11.6 Å². The second kappa shape index (κ2) is 9.08. The van der Waals surface area contributed by atoms with Gasteiger partial charge < -0.3 is 9.47 Å². The number of benzene rings is 2. The van der Waals surface area contributed by atoms with Crippen molar-refractivity contribution in [2.45, 2.75) is 26.4 Å². The van der Waals surface area contributed by atoms with Crippen molar-refractivity contribution in [2.75, 3.05) is 7.11 Å². The van der Waals surface area contributed by atoms with Crippen molar-refractivity contribution in [1.82, 2.24) is 5.43 Å². The smallest absolute Gasteiger partial charge is 0.271 e. The number of ether oxygens (including phenoxy) is 2. The van der Waals surface area contributed by atoms with Gasteiger partial charge in [-0.05, 0) is 55.3 Å². The summed E-state index contributed by atoms with van der Waals surface area (Å²) in [5, 5.41) is 4.46. The predicted molar refractivity (Wildman–Crippen MR) is 99.9 cm³/mol. The molecule has 0 aliphatic heterocycles. The minimum Gasteiger partial charge on any atom is -0.497 e. The molecule has 0 aromatic heterocycles. The molecule has 1 atom stereocenters. The number of amides is 1. The highest BCUT2D eigenvalue weighted by atomic mass is 35.5. The van der Waals surface area contributed by atoms with Crippen LogP contribution in [-0.4, -0.2) is 25.3 Å². The molecular formula is C19H21ClN2O3.